The molecule has 1 aromatic carbocycles. The van der Waals surface area contributed by atoms with Gasteiger partial charge in [0.25, 0.3) is 5.91 Å². The second-order valence-corrected chi connectivity index (χ2v) is 6.80. The standard InChI is InChI=1S/C20H23N5O/c1-23-11-6-10-18(23)19-9-3-2-4-12-24(19)20(26)16-7-5-8-17(13-16)25-15-21-14-22-25/h5-8,10-11,13-15,19H,2-4,9,12H2,1H3/t19-/m1/s1. The molecular weight excluding hydrogens is 326 g/mol. The molecule has 1 aliphatic heterocycles. The van der Waals surface area contributed by atoms with Crippen molar-refractivity contribution in [3.63, 3.8) is 0 Å². The maximum absolute atomic E-state index is 13.4. The van der Waals surface area contributed by atoms with Crippen molar-refractivity contribution in [1.29, 1.82) is 0 Å². The van der Waals surface area contributed by atoms with Gasteiger partial charge in [-0.3, -0.25) is 4.79 Å². The number of hydrogen-bond acceptors (Lipinski definition) is 3. The summed E-state index contributed by atoms with van der Waals surface area (Å²) in [6, 6.07) is 11.9. The van der Waals surface area contributed by atoms with Gasteiger partial charge in [0.15, 0.2) is 0 Å². The van der Waals surface area contributed by atoms with Gasteiger partial charge in [0.1, 0.15) is 12.7 Å². The fourth-order valence-corrected chi connectivity index (χ4v) is 3.77. The molecule has 1 aliphatic rings. The van der Waals surface area contributed by atoms with Crippen molar-refractivity contribution in [2.45, 2.75) is 31.7 Å². The van der Waals surface area contributed by atoms with E-state index < -0.39 is 0 Å². The lowest BCUT2D eigenvalue weighted by Crippen LogP contribution is -2.35. The highest BCUT2D eigenvalue weighted by Crippen LogP contribution is 2.31. The molecule has 26 heavy (non-hydrogen) atoms. The van der Waals surface area contributed by atoms with E-state index in [0.29, 0.717) is 5.56 Å². The van der Waals surface area contributed by atoms with Gasteiger partial charge in [-0.1, -0.05) is 18.9 Å². The van der Waals surface area contributed by atoms with Crippen molar-refractivity contribution in [3.05, 3.63) is 66.5 Å². The van der Waals surface area contributed by atoms with Crippen LogP contribution in [-0.4, -0.2) is 36.7 Å². The summed E-state index contributed by atoms with van der Waals surface area (Å²) in [6.45, 7) is 0.794. The van der Waals surface area contributed by atoms with Gasteiger partial charge in [0.05, 0.1) is 11.7 Å². The molecule has 6 nitrogen and oxygen atoms in total. The van der Waals surface area contributed by atoms with Gasteiger partial charge in [-0.05, 0) is 43.2 Å². The zero-order chi connectivity index (χ0) is 17.9. The first-order valence-electron chi connectivity index (χ1n) is 9.11. The third kappa shape index (κ3) is 3.14. The third-order valence-corrected chi connectivity index (χ3v) is 5.12. The Morgan fingerprint density at radius 1 is 1.15 bits per heavy atom. The van der Waals surface area contributed by atoms with E-state index in [4.69, 9.17) is 0 Å². The second kappa shape index (κ2) is 7.15. The summed E-state index contributed by atoms with van der Waals surface area (Å²) in [6.07, 6.45) is 9.56. The SMILES string of the molecule is Cn1cccc1[C@H]1CCCCCN1C(=O)c1cccc(-n2cncn2)c1. The Bertz CT molecular complexity index is 883. The Kier molecular flexibility index (Phi) is 4.56. The number of likely N-dealkylation sites (tertiary alicyclic amines) is 1. The zero-order valence-corrected chi connectivity index (χ0v) is 15.0. The third-order valence-electron chi connectivity index (χ3n) is 5.12. The molecule has 0 radical (unpaired) electrons. The lowest BCUT2D eigenvalue weighted by molar-refractivity contribution is 0.0674. The topological polar surface area (TPSA) is 56.0 Å². The Balaban J connectivity index is 1.67. The van der Waals surface area contributed by atoms with Crippen LogP contribution in [0.4, 0.5) is 0 Å². The van der Waals surface area contributed by atoms with E-state index in [2.05, 4.69) is 20.7 Å². The van der Waals surface area contributed by atoms with Crippen LogP contribution >= 0.6 is 0 Å². The molecule has 0 unspecified atom stereocenters. The minimum absolute atomic E-state index is 0.0834. The van der Waals surface area contributed by atoms with Crippen LogP contribution in [0.15, 0.2) is 55.2 Å². The zero-order valence-electron chi connectivity index (χ0n) is 15.0. The summed E-state index contributed by atoms with van der Waals surface area (Å²) in [5, 5.41) is 4.16. The molecule has 1 amide bonds. The normalized spacial score (nSPS) is 17.9. The van der Waals surface area contributed by atoms with Crippen LogP contribution in [0.2, 0.25) is 0 Å². The number of aromatic nitrogens is 4. The molecule has 2 aromatic heterocycles. The lowest BCUT2D eigenvalue weighted by atomic mass is 10.0. The minimum Gasteiger partial charge on any atom is -0.353 e. The number of carbonyl (C=O) groups excluding carboxylic acids is 1. The Hall–Kier alpha value is -2.89. The smallest absolute Gasteiger partial charge is 0.254 e. The molecule has 0 saturated carbocycles. The number of rotatable bonds is 3. The highest BCUT2D eigenvalue weighted by molar-refractivity contribution is 5.95. The maximum Gasteiger partial charge on any atom is 0.254 e. The van der Waals surface area contributed by atoms with Crippen LogP contribution in [0.25, 0.3) is 5.69 Å². The molecule has 0 N–H and O–H groups in total. The Morgan fingerprint density at radius 3 is 2.85 bits per heavy atom. The molecule has 4 rings (SSSR count). The summed E-state index contributed by atoms with van der Waals surface area (Å²) in [4.78, 5) is 19.4. The van der Waals surface area contributed by atoms with Crippen LogP contribution in [0.5, 0.6) is 0 Å². The predicted molar refractivity (Wildman–Crippen MR) is 99.0 cm³/mol. The van der Waals surface area contributed by atoms with Gasteiger partial charge >= 0.3 is 0 Å². The second-order valence-electron chi connectivity index (χ2n) is 6.80. The van der Waals surface area contributed by atoms with Crippen LogP contribution < -0.4 is 0 Å². The van der Waals surface area contributed by atoms with E-state index in [1.54, 1.807) is 11.0 Å². The van der Waals surface area contributed by atoms with Gasteiger partial charge in [0.2, 0.25) is 0 Å². The molecule has 0 aliphatic carbocycles. The number of benzene rings is 1. The average Bonchev–Trinajstić information content (AvgIpc) is 3.29. The van der Waals surface area contributed by atoms with Gasteiger partial charge in [-0.25, -0.2) is 9.67 Å². The first kappa shape index (κ1) is 16.6. The fourth-order valence-electron chi connectivity index (χ4n) is 3.77. The van der Waals surface area contributed by atoms with Crippen molar-refractivity contribution >= 4 is 5.91 Å². The van der Waals surface area contributed by atoms with Crippen LogP contribution in [0.1, 0.15) is 47.8 Å². The van der Waals surface area contributed by atoms with E-state index in [-0.39, 0.29) is 11.9 Å². The highest BCUT2D eigenvalue weighted by atomic mass is 16.2. The molecule has 3 heterocycles. The molecule has 1 atom stereocenters. The van der Waals surface area contributed by atoms with Crippen molar-refractivity contribution in [2.24, 2.45) is 7.05 Å². The van der Waals surface area contributed by atoms with Gasteiger partial charge < -0.3 is 9.47 Å². The highest BCUT2D eigenvalue weighted by Gasteiger charge is 2.29. The van der Waals surface area contributed by atoms with Gasteiger partial charge in [-0.2, -0.15) is 5.10 Å². The predicted octanol–water partition coefficient (Wildman–Crippen LogP) is 3.36. The van der Waals surface area contributed by atoms with Crippen LogP contribution in [0.3, 0.4) is 0 Å². The van der Waals surface area contributed by atoms with Gasteiger partial charge in [0, 0.05) is 31.0 Å². The molecule has 1 fully saturated rings. The first-order chi connectivity index (χ1) is 12.7. The lowest BCUT2D eigenvalue weighted by Gasteiger charge is -2.31. The van der Waals surface area contributed by atoms with Crippen molar-refractivity contribution in [2.75, 3.05) is 6.54 Å². The number of amides is 1. The number of carbonyl (C=O) groups is 1. The molecule has 6 heteroatoms. The maximum atomic E-state index is 13.4. The molecule has 3 aromatic rings. The quantitative estimate of drug-likeness (QED) is 0.728. The Morgan fingerprint density at radius 2 is 2.08 bits per heavy atom. The average molecular weight is 349 g/mol. The van der Waals surface area contributed by atoms with Crippen molar-refractivity contribution in [3.8, 4) is 5.69 Å². The molecule has 0 spiro atoms. The first-order valence-corrected chi connectivity index (χ1v) is 9.11. The Labute approximate surface area is 153 Å². The number of nitrogens with zero attached hydrogens (tertiary/aromatic N) is 5. The van der Waals surface area contributed by atoms with E-state index in [0.717, 1.165) is 31.5 Å². The van der Waals surface area contributed by atoms with Crippen LogP contribution in [0, 0.1) is 0 Å². The summed E-state index contributed by atoms with van der Waals surface area (Å²) >= 11 is 0. The number of aryl methyl sites for hydroxylation is 1. The molecular formula is C20H23N5O. The molecule has 0 bridgehead atoms. The monoisotopic (exact) mass is 349 g/mol. The van der Waals surface area contributed by atoms with E-state index in [1.807, 2.05) is 48.5 Å². The fraction of sp³-hybridized carbons (Fsp3) is 0.350. The summed E-state index contributed by atoms with van der Waals surface area (Å²) in [5.74, 6) is 0.0834. The van der Waals surface area contributed by atoms with E-state index in [1.165, 1.54) is 18.4 Å². The molecule has 134 valence electrons. The summed E-state index contributed by atoms with van der Waals surface area (Å²) < 4.78 is 3.80. The van der Waals surface area contributed by atoms with Crippen molar-refractivity contribution < 1.29 is 4.79 Å². The molecule has 1 saturated heterocycles. The minimum atomic E-state index is 0.0834. The van der Waals surface area contributed by atoms with E-state index in [9.17, 15) is 4.79 Å². The largest absolute Gasteiger partial charge is 0.353 e. The summed E-state index contributed by atoms with van der Waals surface area (Å²) in [7, 11) is 2.05. The van der Waals surface area contributed by atoms with E-state index >= 15 is 0 Å². The summed E-state index contributed by atoms with van der Waals surface area (Å²) in [5.41, 5.74) is 2.74. The van der Waals surface area contributed by atoms with Crippen LogP contribution in [-0.2, 0) is 7.05 Å². The van der Waals surface area contributed by atoms with Crippen molar-refractivity contribution in [1.82, 2.24) is 24.2 Å². The number of hydrogen-bond donors (Lipinski definition) is 0. The van der Waals surface area contributed by atoms with Gasteiger partial charge in [-0.15, -0.1) is 0 Å².